The number of hydrogen-bond acceptors (Lipinski definition) is 4. The number of piperidine rings is 1. The van der Waals surface area contributed by atoms with Crippen LogP contribution in [0.4, 0.5) is 0 Å². The minimum Gasteiger partial charge on any atom is -0.338 e. The van der Waals surface area contributed by atoms with E-state index in [1.54, 1.807) is 18.2 Å². The lowest BCUT2D eigenvalue weighted by atomic mass is 9.97. The molecule has 1 heterocycles. The molecule has 25 heavy (non-hydrogen) atoms. The number of carbonyl (C=O) groups excluding carboxylic acids is 1. The van der Waals surface area contributed by atoms with E-state index in [1.165, 1.54) is 6.07 Å². The summed E-state index contributed by atoms with van der Waals surface area (Å²) in [5.41, 5.74) is 0.444. The Hall–Kier alpha value is -1.44. The Morgan fingerprint density at radius 3 is 2.72 bits per heavy atom. The fraction of sp³-hybridized carbons (Fsp3) is 0.611. The summed E-state index contributed by atoms with van der Waals surface area (Å²) in [6, 6.07) is 6.39. The van der Waals surface area contributed by atoms with Crippen LogP contribution in [0.1, 0.15) is 36.0 Å². The maximum absolute atomic E-state index is 12.8. The second kappa shape index (κ2) is 7.85. The molecule has 1 amide bonds. The number of likely N-dealkylation sites (tertiary alicyclic amines) is 1. The Balaban J connectivity index is 1.70. The van der Waals surface area contributed by atoms with Gasteiger partial charge in [-0.2, -0.15) is 0 Å². The van der Waals surface area contributed by atoms with Gasteiger partial charge in [-0.05, 0) is 69.3 Å². The molecule has 0 radical (unpaired) electrons. The van der Waals surface area contributed by atoms with E-state index >= 15 is 0 Å². The van der Waals surface area contributed by atoms with Gasteiger partial charge >= 0.3 is 0 Å². The molecule has 0 spiro atoms. The zero-order chi connectivity index (χ0) is 17.9. The minimum absolute atomic E-state index is 0.0833. The van der Waals surface area contributed by atoms with Crippen molar-refractivity contribution in [1.29, 1.82) is 0 Å². The van der Waals surface area contributed by atoms with E-state index in [2.05, 4.69) is 10.0 Å². The molecule has 6 nitrogen and oxygen atoms in total. The predicted molar refractivity (Wildman–Crippen MR) is 96.9 cm³/mol. The molecule has 1 saturated carbocycles. The van der Waals surface area contributed by atoms with Crippen molar-refractivity contribution < 1.29 is 13.2 Å². The van der Waals surface area contributed by atoms with E-state index in [9.17, 15) is 13.2 Å². The molecule has 1 aromatic carbocycles. The lowest BCUT2D eigenvalue weighted by Gasteiger charge is -2.32. The van der Waals surface area contributed by atoms with Crippen molar-refractivity contribution in [3.63, 3.8) is 0 Å². The molecule has 3 rings (SSSR count). The van der Waals surface area contributed by atoms with Gasteiger partial charge in [0, 0.05) is 25.2 Å². The van der Waals surface area contributed by atoms with Crippen molar-refractivity contribution in [1.82, 2.24) is 14.9 Å². The SMILES string of the molecule is CNCC1CCCN(C(=O)c2cccc(S(=O)(=O)NCC3CC3)c2)C1. The number of carbonyl (C=O) groups is 1. The van der Waals surface area contributed by atoms with Gasteiger partial charge in [0.15, 0.2) is 0 Å². The first-order valence-electron chi connectivity index (χ1n) is 9.03. The number of amides is 1. The second-order valence-corrected chi connectivity index (χ2v) is 8.91. The fourth-order valence-corrected chi connectivity index (χ4v) is 4.48. The maximum atomic E-state index is 12.8. The van der Waals surface area contributed by atoms with Crippen molar-refractivity contribution in [2.45, 2.75) is 30.6 Å². The topological polar surface area (TPSA) is 78.5 Å². The molecule has 7 heteroatoms. The molecule has 2 N–H and O–H groups in total. The average Bonchev–Trinajstić information content (AvgIpc) is 3.45. The van der Waals surface area contributed by atoms with Gasteiger partial charge in [0.05, 0.1) is 4.90 Å². The van der Waals surface area contributed by atoms with Crippen LogP contribution in [0.5, 0.6) is 0 Å². The lowest BCUT2D eigenvalue weighted by molar-refractivity contribution is 0.0674. The van der Waals surface area contributed by atoms with Crippen LogP contribution in [0, 0.1) is 11.8 Å². The highest BCUT2D eigenvalue weighted by atomic mass is 32.2. The van der Waals surface area contributed by atoms with Gasteiger partial charge in [-0.25, -0.2) is 13.1 Å². The third-order valence-electron chi connectivity index (χ3n) is 4.95. The molecular weight excluding hydrogens is 338 g/mol. The quantitative estimate of drug-likeness (QED) is 0.767. The van der Waals surface area contributed by atoms with Gasteiger partial charge in [0.25, 0.3) is 5.91 Å². The van der Waals surface area contributed by atoms with E-state index < -0.39 is 10.0 Å². The molecule has 1 saturated heterocycles. The number of nitrogens with one attached hydrogen (secondary N) is 2. The number of hydrogen-bond donors (Lipinski definition) is 2. The van der Waals surface area contributed by atoms with E-state index in [4.69, 9.17) is 0 Å². The lowest BCUT2D eigenvalue weighted by Crippen LogP contribution is -2.42. The van der Waals surface area contributed by atoms with E-state index in [1.807, 2.05) is 11.9 Å². The minimum atomic E-state index is -3.55. The van der Waals surface area contributed by atoms with E-state index in [0.29, 0.717) is 23.9 Å². The summed E-state index contributed by atoms with van der Waals surface area (Å²) in [7, 11) is -1.63. The predicted octanol–water partition coefficient (Wildman–Crippen LogP) is 1.45. The van der Waals surface area contributed by atoms with Gasteiger partial charge in [0.2, 0.25) is 10.0 Å². The molecule has 0 aromatic heterocycles. The molecule has 1 aliphatic carbocycles. The Morgan fingerprint density at radius 1 is 1.20 bits per heavy atom. The highest BCUT2D eigenvalue weighted by Crippen LogP contribution is 2.28. The Bertz CT molecular complexity index is 714. The highest BCUT2D eigenvalue weighted by Gasteiger charge is 2.26. The first-order valence-corrected chi connectivity index (χ1v) is 10.5. The van der Waals surface area contributed by atoms with Crippen molar-refractivity contribution in [3.05, 3.63) is 29.8 Å². The monoisotopic (exact) mass is 365 g/mol. The molecule has 1 aliphatic heterocycles. The van der Waals surface area contributed by atoms with Crippen LogP contribution in [0.2, 0.25) is 0 Å². The third-order valence-corrected chi connectivity index (χ3v) is 6.37. The Labute approximate surface area is 150 Å². The Kier molecular flexibility index (Phi) is 5.76. The number of benzene rings is 1. The maximum Gasteiger partial charge on any atom is 0.253 e. The molecular formula is C18H27N3O3S. The van der Waals surface area contributed by atoms with E-state index in [-0.39, 0.29) is 10.8 Å². The van der Waals surface area contributed by atoms with Crippen LogP contribution in [0.15, 0.2) is 29.2 Å². The third kappa shape index (κ3) is 4.80. The number of sulfonamides is 1. The molecule has 0 bridgehead atoms. The second-order valence-electron chi connectivity index (χ2n) is 7.14. The standard InChI is InChI=1S/C18H27N3O3S/c1-19-11-15-4-3-9-21(13-15)18(22)16-5-2-6-17(10-16)25(23,24)20-12-14-7-8-14/h2,5-6,10,14-15,19-20H,3-4,7-9,11-13H2,1H3. The summed E-state index contributed by atoms with van der Waals surface area (Å²) in [4.78, 5) is 14.8. The number of nitrogens with zero attached hydrogens (tertiary/aromatic N) is 1. The first kappa shape index (κ1) is 18.4. The Morgan fingerprint density at radius 2 is 2.00 bits per heavy atom. The summed E-state index contributed by atoms with van der Waals surface area (Å²) in [5.74, 6) is 0.840. The summed E-state index contributed by atoms with van der Waals surface area (Å²) < 4.78 is 27.5. The normalized spacial score (nSPS) is 21.3. The van der Waals surface area contributed by atoms with Gasteiger partial charge in [-0.1, -0.05) is 6.07 Å². The zero-order valence-electron chi connectivity index (χ0n) is 14.7. The van der Waals surface area contributed by atoms with Crippen LogP contribution in [0.3, 0.4) is 0 Å². The highest BCUT2D eigenvalue weighted by molar-refractivity contribution is 7.89. The van der Waals surface area contributed by atoms with Gasteiger partial charge in [0.1, 0.15) is 0 Å². The van der Waals surface area contributed by atoms with Crippen molar-refractivity contribution in [2.24, 2.45) is 11.8 Å². The summed E-state index contributed by atoms with van der Waals surface area (Å²) in [5, 5.41) is 3.17. The molecule has 1 aromatic rings. The van der Waals surface area contributed by atoms with Gasteiger partial charge in [-0.15, -0.1) is 0 Å². The molecule has 1 unspecified atom stereocenters. The van der Waals surface area contributed by atoms with Crippen LogP contribution >= 0.6 is 0 Å². The van der Waals surface area contributed by atoms with Gasteiger partial charge < -0.3 is 10.2 Å². The van der Waals surface area contributed by atoms with Crippen molar-refractivity contribution in [3.8, 4) is 0 Å². The molecule has 1 atom stereocenters. The van der Waals surface area contributed by atoms with E-state index in [0.717, 1.165) is 45.3 Å². The summed E-state index contributed by atoms with van der Waals surface area (Å²) >= 11 is 0. The van der Waals surface area contributed by atoms with Crippen molar-refractivity contribution in [2.75, 3.05) is 33.2 Å². The van der Waals surface area contributed by atoms with Gasteiger partial charge in [-0.3, -0.25) is 4.79 Å². The average molecular weight is 365 g/mol. The van der Waals surface area contributed by atoms with Crippen LogP contribution in [-0.2, 0) is 10.0 Å². The molecule has 2 aliphatic rings. The molecule has 138 valence electrons. The molecule has 2 fully saturated rings. The van der Waals surface area contributed by atoms with Crippen LogP contribution in [0.25, 0.3) is 0 Å². The zero-order valence-corrected chi connectivity index (χ0v) is 15.5. The number of rotatable bonds is 7. The van der Waals surface area contributed by atoms with Crippen LogP contribution in [-0.4, -0.2) is 52.5 Å². The smallest absolute Gasteiger partial charge is 0.253 e. The summed E-state index contributed by atoms with van der Waals surface area (Å²) in [6.07, 6.45) is 4.27. The largest absolute Gasteiger partial charge is 0.338 e. The van der Waals surface area contributed by atoms with Crippen LogP contribution < -0.4 is 10.0 Å². The fourth-order valence-electron chi connectivity index (χ4n) is 3.32. The summed E-state index contributed by atoms with van der Waals surface area (Å²) in [6.45, 7) is 2.83. The first-order chi connectivity index (χ1) is 12.0. The van der Waals surface area contributed by atoms with Crippen molar-refractivity contribution >= 4 is 15.9 Å².